The van der Waals surface area contributed by atoms with Crippen LogP contribution < -0.4 is 5.73 Å². The number of hydrogen-bond donors (Lipinski definition) is 2. The van der Waals surface area contributed by atoms with Crippen molar-refractivity contribution < 1.29 is 9.21 Å². The standard InChI is InChI=1S/C23H25N5O2/c1-15-7-8-16-13-17(9-10-19(16)27-15)20-14-26-22(28-20)18(24)5-3-2-4-6-21(29)23-25-11-12-30-23/h7-14,18H,2-6,24H2,1H3,(H,26,28)/t18-/m0/s1. The van der Waals surface area contributed by atoms with Gasteiger partial charge in [0.1, 0.15) is 12.1 Å². The Balaban J connectivity index is 1.29. The molecule has 1 atom stereocenters. The van der Waals surface area contributed by atoms with Crippen LogP contribution in [0.2, 0.25) is 0 Å². The third kappa shape index (κ3) is 4.63. The molecule has 0 saturated carbocycles. The number of nitrogens with one attached hydrogen (secondary N) is 1. The summed E-state index contributed by atoms with van der Waals surface area (Å²) < 4.78 is 5.02. The molecule has 0 radical (unpaired) electrons. The van der Waals surface area contributed by atoms with E-state index in [9.17, 15) is 4.79 Å². The third-order valence-electron chi connectivity index (χ3n) is 5.18. The Morgan fingerprint density at radius 1 is 1.17 bits per heavy atom. The van der Waals surface area contributed by atoms with Gasteiger partial charge in [-0.1, -0.05) is 25.0 Å². The number of H-pyrrole nitrogens is 1. The first-order chi connectivity index (χ1) is 14.6. The average Bonchev–Trinajstić information content (AvgIpc) is 3.45. The number of hydrogen-bond acceptors (Lipinski definition) is 6. The van der Waals surface area contributed by atoms with Gasteiger partial charge in [0, 0.05) is 23.1 Å². The van der Waals surface area contributed by atoms with Crippen LogP contribution in [-0.2, 0) is 0 Å². The van der Waals surface area contributed by atoms with Crippen molar-refractivity contribution in [3.63, 3.8) is 0 Å². The van der Waals surface area contributed by atoms with Gasteiger partial charge in [0.2, 0.25) is 5.78 Å². The predicted molar refractivity (Wildman–Crippen MR) is 115 cm³/mol. The minimum absolute atomic E-state index is 0.0549. The van der Waals surface area contributed by atoms with Crippen LogP contribution in [0.5, 0.6) is 0 Å². The SMILES string of the molecule is Cc1ccc2cc(-c3cnc([C@@H](N)CCCCCC(=O)c4ncco4)[nH]3)ccc2n1. The maximum atomic E-state index is 11.9. The van der Waals surface area contributed by atoms with Crippen molar-refractivity contribution in [1.29, 1.82) is 0 Å². The fourth-order valence-electron chi connectivity index (χ4n) is 3.50. The van der Waals surface area contributed by atoms with Gasteiger partial charge in [-0.15, -0.1) is 0 Å². The molecule has 0 aliphatic rings. The highest BCUT2D eigenvalue weighted by Gasteiger charge is 2.13. The molecule has 0 amide bonds. The van der Waals surface area contributed by atoms with E-state index in [0.29, 0.717) is 6.42 Å². The minimum Gasteiger partial charge on any atom is -0.442 e. The van der Waals surface area contributed by atoms with Gasteiger partial charge in [0.05, 0.1) is 29.6 Å². The summed E-state index contributed by atoms with van der Waals surface area (Å²) >= 11 is 0. The van der Waals surface area contributed by atoms with Crippen LogP contribution >= 0.6 is 0 Å². The molecule has 3 N–H and O–H groups in total. The minimum atomic E-state index is -0.161. The zero-order chi connectivity index (χ0) is 20.9. The molecule has 0 spiro atoms. The fraction of sp³-hybridized carbons (Fsp3) is 0.304. The second-order valence-electron chi connectivity index (χ2n) is 7.51. The van der Waals surface area contributed by atoms with Crippen LogP contribution in [0.15, 0.2) is 53.4 Å². The molecule has 7 nitrogen and oxygen atoms in total. The Labute approximate surface area is 174 Å². The number of rotatable bonds is 9. The zero-order valence-corrected chi connectivity index (χ0v) is 17.0. The van der Waals surface area contributed by atoms with E-state index in [1.54, 1.807) is 0 Å². The molecule has 0 bridgehead atoms. The van der Waals surface area contributed by atoms with Gasteiger partial charge >= 0.3 is 0 Å². The topological polar surface area (TPSA) is 111 Å². The number of imidazole rings is 1. The van der Waals surface area contributed by atoms with Crippen molar-refractivity contribution in [2.45, 2.75) is 45.1 Å². The van der Waals surface area contributed by atoms with E-state index >= 15 is 0 Å². The Bertz CT molecular complexity index is 1130. The molecule has 154 valence electrons. The first-order valence-corrected chi connectivity index (χ1v) is 10.2. The molecule has 0 aliphatic carbocycles. The summed E-state index contributed by atoms with van der Waals surface area (Å²) in [6.45, 7) is 1.99. The number of nitrogens with zero attached hydrogens (tertiary/aromatic N) is 3. The lowest BCUT2D eigenvalue weighted by atomic mass is 10.1. The Hall–Kier alpha value is -3.32. The predicted octanol–water partition coefficient (Wildman–Crippen LogP) is 4.75. The molecule has 0 aliphatic heterocycles. The number of oxazole rings is 1. The number of aromatic amines is 1. The van der Waals surface area contributed by atoms with Gasteiger partial charge in [-0.3, -0.25) is 9.78 Å². The molecule has 3 heterocycles. The second-order valence-corrected chi connectivity index (χ2v) is 7.51. The number of carbonyl (C=O) groups is 1. The van der Waals surface area contributed by atoms with Crippen molar-refractivity contribution in [3.8, 4) is 11.3 Å². The van der Waals surface area contributed by atoms with Crippen molar-refractivity contribution in [3.05, 3.63) is 66.4 Å². The van der Waals surface area contributed by atoms with Crippen molar-refractivity contribution >= 4 is 16.7 Å². The lowest BCUT2D eigenvalue weighted by Crippen LogP contribution is -2.12. The highest BCUT2D eigenvalue weighted by molar-refractivity contribution is 5.91. The van der Waals surface area contributed by atoms with Gasteiger partial charge in [-0.05, 0) is 38.0 Å². The first kappa shape index (κ1) is 20.0. The van der Waals surface area contributed by atoms with Gasteiger partial charge in [0.15, 0.2) is 0 Å². The summed E-state index contributed by atoms with van der Waals surface area (Å²) in [4.78, 5) is 28.1. The van der Waals surface area contributed by atoms with Gasteiger partial charge in [-0.2, -0.15) is 0 Å². The number of pyridine rings is 1. The molecular formula is C23H25N5O2. The van der Waals surface area contributed by atoms with Crippen molar-refractivity contribution in [2.24, 2.45) is 5.73 Å². The van der Waals surface area contributed by atoms with E-state index in [1.807, 2.05) is 31.3 Å². The van der Waals surface area contributed by atoms with Crippen LogP contribution in [0.25, 0.3) is 22.2 Å². The van der Waals surface area contributed by atoms with Gasteiger partial charge in [-0.25, -0.2) is 9.97 Å². The molecule has 30 heavy (non-hydrogen) atoms. The number of carbonyl (C=O) groups excluding carboxylic acids is 1. The van der Waals surface area contributed by atoms with E-state index < -0.39 is 0 Å². The van der Waals surface area contributed by atoms with Crippen molar-refractivity contribution in [1.82, 2.24) is 19.9 Å². The molecular weight excluding hydrogens is 378 g/mol. The van der Waals surface area contributed by atoms with Crippen LogP contribution in [0.1, 0.15) is 60.3 Å². The molecule has 3 aromatic heterocycles. The first-order valence-electron chi connectivity index (χ1n) is 10.2. The number of ketones is 1. The molecule has 7 heteroatoms. The van der Waals surface area contributed by atoms with E-state index in [4.69, 9.17) is 10.2 Å². The number of benzene rings is 1. The molecule has 4 rings (SSSR count). The fourth-order valence-corrected chi connectivity index (χ4v) is 3.50. The maximum absolute atomic E-state index is 11.9. The lowest BCUT2D eigenvalue weighted by Gasteiger charge is -2.08. The molecule has 0 saturated heterocycles. The average molecular weight is 403 g/mol. The summed E-state index contributed by atoms with van der Waals surface area (Å²) in [5.41, 5.74) is 10.3. The number of unbranched alkanes of at least 4 members (excludes halogenated alkanes) is 2. The third-order valence-corrected chi connectivity index (χ3v) is 5.18. The summed E-state index contributed by atoms with van der Waals surface area (Å²) in [5.74, 6) is 0.915. The summed E-state index contributed by atoms with van der Waals surface area (Å²) in [5, 5.41) is 1.10. The highest BCUT2D eigenvalue weighted by Crippen LogP contribution is 2.24. The quantitative estimate of drug-likeness (QED) is 0.308. The van der Waals surface area contributed by atoms with Crippen LogP contribution in [0.4, 0.5) is 0 Å². The number of nitrogens with two attached hydrogens (primary N) is 1. The second kappa shape index (κ2) is 9.00. The normalized spacial score (nSPS) is 12.3. The summed E-state index contributed by atoms with van der Waals surface area (Å²) in [6.07, 6.45) is 8.62. The van der Waals surface area contributed by atoms with E-state index in [-0.39, 0.29) is 17.7 Å². The number of Topliss-reactive ketones (excluding diaryl/α,β-unsaturated/α-hetero) is 1. The largest absolute Gasteiger partial charge is 0.442 e. The van der Waals surface area contributed by atoms with E-state index in [0.717, 1.165) is 59.4 Å². The number of aromatic nitrogens is 4. The Kier molecular flexibility index (Phi) is 5.99. The summed E-state index contributed by atoms with van der Waals surface area (Å²) in [6, 6.07) is 10.1. The van der Waals surface area contributed by atoms with E-state index in [2.05, 4.69) is 32.1 Å². The number of aryl methyl sites for hydroxylation is 1. The van der Waals surface area contributed by atoms with Crippen LogP contribution in [0, 0.1) is 6.92 Å². The Morgan fingerprint density at radius 2 is 2.07 bits per heavy atom. The van der Waals surface area contributed by atoms with Crippen molar-refractivity contribution in [2.75, 3.05) is 0 Å². The molecule has 0 unspecified atom stereocenters. The Morgan fingerprint density at radius 3 is 2.90 bits per heavy atom. The monoisotopic (exact) mass is 403 g/mol. The number of fused-ring (bicyclic) bond motifs is 1. The maximum Gasteiger partial charge on any atom is 0.263 e. The molecule has 1 aromatic carbocycles. The highest BCUT2D eigenvalue weighted by atomic mass is 16.3. The zero-order valence-electron chi connectivity index (χ0n) is 17.0. The van der Waals surface area contributed by atoms with E-state index in [1.165, 1.54) is 12.5 Å². The van der Waals surface area contributed by atoms with Crippen LogP contribution in [0.3, 0.4) is 0 Å². The van der Waals surface area contributed by atoms with Gasteiger partial charge < -0.3 is 15.1 Å². The summed E-state index contributed by atoms with van der Waals surface area (Å²) in [7, 11) is 0. The lowest BCUT2D eigenvalue weighted by molar-refractivity contribution is 0.0945. The van der Waals surface area contributed by atoms with Crippen LogP contribution in [-0.4, -0.2) is 25.7 Å². The smallest absolute Gasteiger partial charge is 0.263 e. The molecule has 4 aromatic rings. The van der Waals surface area contributed by atoms with Gasteiger partial charge in [0.25, 0.3) is 5.89 Å². The molecule has 0 fully saturated rings.